The molecule has 0 radical (unpaired) electrons. The molecule has 0 saturated heterocycles. The quantitative estimate of drug-likeness (QED) is 0.426. The van der Waals surface area contributed by atoms with E-state index in [9.17, 15) is 0 Å². The number of hydrogen-bond donors (Lipinski definition) is 0. The van der Waals surface area contributed by atoms with Gasteiger partial charge in [-0.05, 0) is 22.3 Å². The maximum atomic E-state index is 2.26. The molecule has 0 N–H and O–H groups in total. The van der Waals surface area contributed by atoms with Crippen LogP contribution in [-0.4, -0.2) is 39.2 Å². The highest BCUT2D eigenvalue weighted by Gasteiger charge is 2.12. The Morgan fingerprint density at radius 2 is 0.783 bits per heavy atom. The largest absolute Gasteiger partial charge is 0.139 e. The summed E-state index contributed by atoms with van der Waals surface area (Å²) in [5, 5.41) is 0. The lowest BCUT2D eigenvalue weighted by Crippen LogP contribution is -2.55. The molecule has 5 heteroatoms. The Bertz CT molecular complexity index is 826. The lowest BCUT2D eigenvalue weighted by molar-refractivity contribution is 1.61. The summed E-state index contributed by atoms with van der Waals surface area (Å²) < 4.78 is 0. The summed E-state index contributed by atoms with van der Waals surface area (Å²) >= 11 is 0. The van der Waals surface area contributed by atoms with Gasteiger partial charge in [0.05, 0.1) is 0 Å². The van der Waals surface area contributed by atoms with E-state index in [1.54, 1.807) is 0 Å². The van der Waals surface area contributed by atoms with Crippen LogP contribution in [0.3, 0.4) is 0 Å². The maximum Gasteiger partial charge on any atom is 0.139 e. The molecule has 3 rings (SSSR count). The number of hydrogen-bond acceptors (Lipinski definition) is 0. The molecule has 23 heavy (non-hydrogen) atoms. The molecule has 3 aromatic carbocycles. The van der Waals surface area contributed by atoms with E-state index in [0.29, 0.717) is 0 Å². The molecular weight excluding hydrogens is 270 g/mol. The predicted octanol–water partition coefficient (Wildman–Crippen LogP) is -3.69. The lowest BCUT2D eigenvalue weighted by atomic mass is 9.59. The highest BCUT2D eigenvalue weighted by atomic mass is 14.1. The fourth-order valence-corrected chi connectivity index (χ4v) is 3.39. The monoisotopic (exact) mass is 290 g/mol. The fourth-order valence-electron chi connectivity index (χ4n) is 3.39. The summed E-state index contributed by atoms with van der Waals surface area (Å²) in [7, 11) is 11.2. The van der Waals surface area contributed by atoms with Crippen molar-refractivity contribution in [3.05, 3.63) is 54.6 Å². The molecule has 0 atom stereocenters. The average molecular weight is 289 g/mol. The Kier molecular flexibility index (Phi) is 4.30. The van der Waals surface area contributed by atoms with Gasteiger partial charge in [-0.3, -0.25) is 0 Å². The van der Waals surface area contributed by atoms with Crippen molar-refractivity contribution >= 4 is 66.5 Å². The van der Waals surface area contributed by atoms with E-state index in [-0.39, 0.29) is 0 Å². The van der Waals surface area contributed by atoms with E-state index in [2.05, 4.69) is 93.8 Å². The van der Waals surface area contributed by atoms with Gasteiger partial charge in [-0.1, -0.05) is 65.5 Å². The van der Waals surface area contributed by atoms with Crippen LogP contribution in [0.4, 0.5) is 0 Å². The van der Waals surface area contributed by atoms with Crippen LogP contribution in [0.5, 0.6) is 0 Å². The molecule has 0 aromatic heterocycles. The Hall–Kier alpha value is -2.02. The zero-order valence-corrected chi connectivity index (χ0v) is 14.7. The van der Waals surface area contributed by atoms with Gasteiger partial charge >= 0.3 is 0 Å². The predicted molar refractivity (Wildman–Crippen MR) is 118 cm³/mol. The van der Waals surface area contributed by atoms with Crippen LogP contribution < -0.4 is 27.3 Å². The summed E-state index contributed by atoms with van der Waals surface area (Å²) in [4.78, 5) is 0. The van der Waals surface area contributed by atoms with Crippen LogP contribution >= 0.6 is 0 Å². The molecule has 0 aliphatic carbocycles. The Morgan fingerprint density at radius 3 is 1.30 bits per heavy atom. The summed E-state index contributed by atoms with van der Waals surface area (Å²) in [6.07, 6.45) is 0. The zero-order chi connectivity index (χ0) is 16.6. The number of benzene rings is 3. The van der Waals surface area contributed by atoms with E-state index < -0.39 is 0 Å². The van der Waals surface area contributed by atoms with Crippen molar-refractivity contribution in [2.75, 3.05) is 0 Å². The molecule has 0 nitrogen and oxygen atoms in total. The maximum absolute atomic E-state index is 2.26. The van der Waals surface area contributed by atoms with Crippen molar-refractivity contribution < 1.29 is 0 Å². The first-order valence-corrected chi connectivity index (χ1v) is 8.23. The van der Waals surface area contributed by atoms with E-state index in [4.69, 9.17) is 0 Å². The highest BCUT2D eigenvalue weighted by molar-refractivity contribution is 6.68. The van der Waals surface area contributed by atoms with Crippen molar-refractivity contribution in [1.82, 2.24) is 0 Å². The minimum absolute atomic E-state index is 1.27. The van der Waals surface area contributed by atoms with Crippen molar-refractivity contribution in [2.24, 2.45) is 0 Å². The van der Waals surface area contributed by atoms with Crippen molar-refractivity contribution in [1.29, 1.82) is 0 Å². The summed E-state index contributed by atoms with van der Waals surface area (Å²) in [6, 6.07) is 19.5. The molecule has 106 valence electrons. The fraction of sp³-hybridized carbons (Fsp3) is 0. The Balaban J connectivity index is 2.11. The van der Waals surface area contributed by atoms with Gasteiger partial charge < -0.3 is 0 Å². The van der Waals surface area contributed by atoms with Gasteiger partial charge in [0.1, 0.15) is 39.2 Å². The summed E-state index contributed by atoms with van der Waals surface area (Å²) in [5.74, 6) is 0. The van der Waals surface area contributed by atoms with Gasteiger partial charge in [-0.2, -0.15) is 0 Å². The van der Waals surface area contributed by atoms with Crippen LogP contribution in [0, 0.1) is 0 Å². The van der Waals surface area contributed by atoms with E-state index in [0.717, 1.165) is 0 Å². The van der Waals surface area contributed by atoms with Crippen LogP contribution in [0.25, 0.3) is 22.3 Å². The van der Waals surface area contributed by atoms with E-state index in [1.807, 2.05) is 0 Å². The van der Waals surface area contributed by atoms with Gasteiger partial charge in [0.15, 0.2) is 0 Å². The molecule has 0 aliphatic heterocycles. The molecular formula is C18H19B5. The Morgan fingerprint density at radius 1 is 0.391 bits per heavy atom. The molecule has 0 amide bonds. The van der Waals surface area contributed by atoms with Crippen molar-refractivity contribution in [2.45, 2.75) is 0 Å². The van der Waals surface area contributed by atoms with Crippen LogP contribution in [0.2, 0.25) is 0 Å². The van der Waals surface area contributed by atoms with Crippen LogP contribution in [0.15, 0.2) is 54.6 Å². The SMILES string of the molecule is Bc1c(B)c(B)c(-c2ccc(-c3ccccc3)cc2)c(B)c1B. The van der Waals surface area contributed by atoms with E-state index in [1.165, 1.54) is 49.6 Å². The normalized spacial score (nSPS) is 10.6. The van der Waals surface area contributed by atoms with Crippen LogP contribution in [0.1, 0.15) is 0 Å². The van der Waals surface area contributed by atoms with Gasteiger partial charge in [0.25, 0.3) is 0 Å². The van der Waals surface area contributed by atoms with Crippen molar-refractivity contribution in [3.63, 3.8) is 0 Å². The van der Waals surface area contributed by atoms with Gasteiger partial charge in [-0.25, -0.2) is 0 Å². The minimum atomic E-state index is 1.27. The summed E-state index contributed by atoms with van der Waals surface area (Å²) in [6.45, 7) is 0. The molecule has 0 unspecified atom stereocenters. The second-order valence-electron chi connectivity index (χ2n) is 6.44. The first-order valence-electron chi connectivity index (χ1n) is 8.23. The van der Waals surface area contributed by atoms with Gasteiger partial charge in [0.2, 0.25) is 0 Å². The topological polar surface area (TPSA) is 0 Å². The molecule has 0 bridgehead atoms. The van der Waals surface area contributed by atoms with E-state index >= 15 is 0 Å². The minimum Gasteiger partial charge on any atom is -0.102 e. The molecule has 3 aromatic rings. The third-order valence-corrected chi connectivity index (χ3v) is 5.28. The average Bonchev–Trinajstić information content (AvgIpc) is 2.60. The van der Waals surface area contributed by atoms with Crippen molar-refractivity contribution in [3.8, 4) is 22.3 Å². The standard InChI is InChI=1S/C18H19B5/c19-14-13(15(20)17(22)18(23)16(14)21)12-8-6-11(7-9-12)10-4-2-1-3-5-10/h1-9H,19-23H2. The molecule has 0 saturated carbocycles. The van der Waals surface area contributed by atoms with Crippen LogP contribution in [-0.2, 0) is 0 Å². The molecule has 0 spiro atoms. The smallest absolute Gasteiger partial charge is 0.102 e. The molecule has 0 aliphatic rings. The third-order valence-electron chi connectivity index (χ3n) is 5.28. The third kappa shape index (κ3) is 2.81. The Labute approximate surface area is 143 Å². The molecule has 0 heterocycles. The lowest BCUT2D eigenvalue weighted by Gasteiger charge is -2.20. The van der Waals surface area contributed by atoms with Gasteiger partial charge in [0, 0.05) is 0 Å². The summed E-state index contributed by atoms with van der Waals surface area (Å²) in [5.41, 5.74) is 12.3. The zero-order valence-electron chi connectivity index (χ0n) is 14.7. The second kappa shape index (κ2) is 6.24. The second-order valence-corrected chi connectivity index (χ2v) is 6.44. The first kappa shape index (κ1) is 15.9. The first-order chi connectivity index (χ1) is 11.0. The molecule has 0 fully saturated rings. The number of rotatable bonds is 2. The van der Waals surface area contributed by atoms with Gasteiger partial charge in [-0.15, -0.1) is 16.4 Å². The highest BCUT2D eigenvalue weighted by Crippen LogP contribution is 2.22.